The first-order valence-corrected chi connectivity index (χ1v) is 10.4. The zero-order valence-corrected chi connectivity index (χ0v) is 17.2. The number of hydrogen-bond acceptors (Lipinski definition) is 8. The molecule has 3 rings (SSSR count). The third kappa shape index (κ3) is 5.82. The molecule has 0 unspecified atom stereocenters. The van der Waals surface area contributed by atoms with Gasteiger partial charge in [0.05, 0.1) is 17.6 Å². The minimum atomic E-state index is -4.71. The Bertz CT molecular complexity index is 1210. The van der Waals surface area contributed by atoms with Gasteiger partial charge >= 0.3 is 12.1 Å². The monoisotopic (exact) mass is 471 g/mol. The molecular weight excluding hydrogens is 455 g/mol. The number of nitrogens with one attached hydrogen (secondary N) is 1. The number of nitrogens with zero attached hydrogens (tertiary/aromatic N) is 2. The van der Waals surface area contributed by atoms with Gasteiger partial charge in [0.15, 0.2) is 6.61 Å². The van der Waals surface area contributed by atoms with Crippen LogP contribution in [0.2, 0.25) is 0 Å². The highest BCUT2D eigenvalue weighted by Gasteiger charge is 2.31. The number of carbonyl (C=O) groups excluding carboxylic acids is 1. The van der Waals surface area contributed by atoms with Crippen LogP contribution in [0.4, 0.5) is 13.2 Å². The molecule has 9 nitrogen and oxygen atoms in total. The predicted octanol–water partition coefficient (Wildman–Crippen LogP) is 2.79. The van der Waals surface area contributed by atoms with Crippen LogP contribution in [-0.4, -0.2) is 38.2 Å². The number of ether oxygens (including phenoxy) is 2. The van der Waals surface area contributed by atoms with E-state index in [0.29, 0.717) is 17.4 Å². The summed E-state index contributed by atoms with van der Waals surface area (Å²) in [4.78, 5) is 15.3. The second kappa shape index (κ2) is 9.36. The molecule has 32 heavy (non-hydrogen) atoms. The molecular formula is C19H16F3N3O6S. The van der Waals surface area contributed by atoms with Crippen LogP contribution in [0.25, 0.3) is 11.4 Å². The average molecular weight is 471 g/mol. The van der Waals surface area contributed by atoms with Crippen LogP contribution >= 0.6 is 0 Å². The largest absolute Gasteiger partial charge is 0.497 e. The van der Waals surface area contributed by atoms with Crippen LogP contribution in [0.3, 0.4) is 0 Å². The van der Waals surface area contributed by atoms with Crippen molar-refractivity contribution in [3.05, 3.63) is 60.0 Å². The second-order valence-corrected chi connectivity index (χ2v) is 8.02. The van der Waals surface area contributed by atoms with Crippen molar-refractivity contribution in [3.63, 3.8) is 0 Å². The first kappa shape index (κ1) is 23.2. The van der Waals surface area contributed by atoms with Crippen LogP contribution in [-0.2, 0) is 32.3 Å². The lowest BCUT2D eigenvalue weighted by atomic mass is 10.2. The molecule has 0 aliphatic carbocycles. The molecule has 0 atom stereocenters. The van der Waals surface area contributed by atoms with Crippen molar-refractivity contribution in [1.82, 2.24) is 14.9 Å². The van der Waals surface area contributed by atoms with E-state index in [-0.39, 0.29) is 11.7 Å². The van der Waals surface area contributed by atoms with Gasteiger partial charge in [0, 0.05) is 5.56 Å². The lowest BCUT2D eigenvalue weighted by Gasteiger charge is -2.10. The second-order valence-electron chi connectivity index (χ2n) is 6.25. The molecule has 0 amide bonds. The lowest BCUT2D eigenvalue weighted by molar-refractivity contribution is -0.144. The number of methoxy groups -OCH3 is 1. The average Bonchev–Trinajstić information content (AvgIpc) is 3.25. The van der Waals surface area contributed by atoms with E-state index in [1.807, 2.05) is 4.72 Å². The number of esters is 1. The van der Waals surface area contributed by atoms with Gasteiger partial charge in [-0.15, -0.1) is 0 Å². The van der Waals surface area contributed by atoms with Crippen molar-refractivity contribution in [2.45, 2.75) is 17.7 Å². The molecule has 0 bridgehead atoms. The van der Waals surface area contributed by atoms with Crippen LogP contribution in [0, 0.1) is 0 Å². The van der Waals surface area contributed by atoms with Crippen molar-refractivity contribution in [3.8, 4) is 17.1 Å². The summed E-state index contributed by atoms with van der Waals surface area (Å²) in [5.74, 6) is -0.243. The molecule has 1 N–H and O–H groups in total. The number of aromatic nitrogens is 2. The maximum absolute atomic E-state index is 12.8. The summed E-state index contributed by atoms with van der Waals surface area (Å²) in [6, 6.07) is 9.96. The van der Waals surface area contributed by atoms with Crippen LogP contribution in [0.15, 0.2) is 57.9 Å². The minimum absolute atomic E-state index is 0.0445. The van der Waals surface area contributed by atoms with E-state index in [4.69, 9.17) is 14.0 Å². The fourth-order valence-electron chi connectivity index (χ4n) is 2.46. The van der Waals surface area contributed by atoms with Gasteiger partial charge in [0.1, 0.15) is 12.3 Å². The Morgan fingerprint density at radius 1 is 1.16 bits per heavy atom. The van der Waals surface area contributed by atoms with E-state index in [9.17, 15) is 26.4 Å². The van der Waals surface area contributed by atoms with Gasteiger partial charge in [-0.1, -0.05) is 23.4 Å². The van der Waals surface area contributed by atoms with E-state index < -0.39 is 45.8 Å². The number of benzene rings is 2. The molecule has 0 fully saturated rings. The third-order valence-corrected chi connectivity index (χ3v) is 5.43. The molecule has 1 aromatic heterocycles. The van der Waals surface area contributed by atoms with Crippen LogP contribution in [0.1, 0.15) is 11.5 Å². The Labute approximate surface area is 180 Å². The molecule has 1 heterocycles. The zero-order chi connectivity index (χ0) is 23.4. The van der Waals surface area contributed by atoms with E-state index >= 15 is 0 Å². The summed E-state index contributed by atoms with van der Waals surface area (Å²) in [6.07, 6.45) is -4.71. The summed E-state index contributed by atoms with van der Waals surface area (Å²) in [5, 5.41) is 3.76. The molecule has 0 aliphatic heterocycles. The lowest BCUT2D eigenvalue weighted by Crippen LogP contribution is -2.30. The van der Waals surface area contributed by atoms with Crippen molar-refractivity contribution >= 4 is 16.0 Å². The Morgan fingerprint density at radius 3 is 2.62 bits per heavy atom. The van der Waals surface area contributed by atoms with Crippen molar-refractivity contribution < 1.29 is 40.4 Å². The number of alkyl halides is 3. The highest BCUT2D eigenvalue weighted by atomic mass is 32.2. The Hall–Kier alpha value is -3.45. The summed E-state index contributed by atoms with van der Waals surface area (Å²) in [5.41, 5.74) is -0.536. The molecule has 3 aromatic rings. The number of halogens is 3. The molecule has 13 heteroatoms. The molecule has 0 spiro atoms. The normalized spacial score (nSPS) is 11.9. The van der Waals surface area contributed by atoms with E-state index in [2.05, 4.69) is 10.1 Å². The SMILES string of the molecule is COc1cccc(-c2noc(COC(=O)CNS(=O)(=O)c3cccc(C(F)(F)F)c3)n2)c1. The van der Waals surface area contributed by atoms with Crippen molar-refractivity contribution in [2.75, 3.05) is 13.7 Å². The fraction of sp³-hybridized carbons (Fsp3) is 0.211. The van der Waals surface area contributed by atoms with Crippen molar-refractivity contribution in [2.24, 2.45) is 0 Å². The van der Waals surface area contributed by atoms with Gasteiger partial charge in [0.2, 0.25) is 15.8 Å². The topological polar surface area (TPSA) is 121 Å². The maximum Gasteiger partial charge on any atom is 0.416 e. The van der Waals surface area contributed by atoms with E-state index in [1.54, 1.807) is 24.3 Å². The van der Waals surface area contributed by atoms with Gasteiger partial charge in [-0.2, -0.15) is 22.9 Å². The van der Waals surface area contributed by atoms with E-state index in [1.165, 1.54) is 7.11 Å². The number of hydrogen-bond donors (Lipinski definition) is 1. The van der Waals surface area contributed by atoms with Gasteiger partial charge in [-0.05, 0) is 30.3 Å². The van der Waals surface area contributed by atoms with Gasteiger partial charge in [-0.25, -0.2) is 8.42 Å². The van der Waals surface area contributed by atoms with Crippen LogP contribution in [0.5, 0.6) is 5.75 Å². The molecule has 2 aromatic carbocycles. The minimum Gasteiger partial charge on any atom is -0.497 e. The number of carbonyl (C=O) groups is 1. The van der Waals surface area contributed by atoms with E-state index in [0.717, 1.165) is 18.2 Å². The first-order chi connectivity index (χ1) is 15.1. The zero-order valence-electron chi connectivity index (χ0n) is 16.4. The maximum atomic E-state index is 12.8. The van der Waals surface area contributed by atoms with Gasteiger partial charge in [-0.3, -0.25) is 4.79 Å². The number of sulfonamides is 1. The standard InChI is InChI=1S/C19H16F3N3O6S/c1-29-14-6-2-4-12(8-14)18-24-16(31-25-18)11-30-17(26)10-23-32(27,28)15-7-3-5-13(9-15)19(20,21)22/h2-9,23H,10-11H2,1H3. The third-order valence-electron chi connectivity index (χ3n) is 4.03. The molecule has 0 radical (unpaired) electrons. The van der Waals surface area contributed by atoms with Gasteiger partial charge < -0.3 is 14.0 Å². The Balaban J connectivity index is 1.56. The summed E-state index contributed by atoms with van der Waals surface area (Å²) >= 11 is 0. The Kier molecular flexibility index (Phi) is 6.79. The quantitative estimate of drug-likeness (QED) is 0.498. The smallest absolute Gasteiger partial charge is 0.416 e. The highest BCUT2D eigenvalue weighted by Crippen LogP contribution is 2.30. The highest BCUT2D eigenvalue weighted by molar-refractivity contribution is 7.89. The number of rotatable bonds is 8. The van der Waals surface area contributed by atoms with Crippen LogP contribution < -0.4 is 9.46 Å². The summed E-state index contributed by atoms with van der Waals surface area (Å²) in [7, 11) is -2.87. The molecule has 0 saturated carbocycles. The van der Waals surface area contributed by atoms with Crippen molar-refractivity contribution in [1.29, 1.82) is 0 Å². The Morgan fingerprint density at radius 2 is 1.91 bits per heavy atom. The van der Waals surface area contributed by atoms with Gasteiger partial charge in [0.25, 0.3) is 5.89 Å². The fourth-order valence-corrected chi connectivity index (χ4v) is 3.48. The first-order valence-electron chi connectivity index (χ1n) is 8.88. The molecule has 0 saturated heterocycles. The predicted molar refractivity (Wildman–Crippen MR) is 103 cm³/mol. The molecule has 170 valence electrons. The summed E-state index contributed by atoms with van der Waals surface area (Å²) in [6.45, 7) is -1.24. The molecule has 0 aliphatic rings. The summed E-state index contributed by atoms with van der Waals surface area (Å²) < 4.78 is 79.5.